The summed E-state index contributed by atoms with van der Waals surface area (Å²) >= 11 is 0. The minimum absolute atomic E-state index is 0.777. The zero-order valence-corrected chi connectivity index (χ0v) is 11.6. The first-order valence-corrected chi connectivity index (χ1v) is 6.70. The van der Waals surface area contributed by atoms with Crippen molar-refractivity contribution >= 4 is 0 Å². The first-order valence-electron chi connectivity index (χ1n) is 6.70. The lowest BCUT2D eigenvalue weighted by Crippen LogP contribution is -2.06. The van der Waals surface area contributed by atoms with E-state index in [1.54, 1.807) is 5.57 Å². The second-order valence-corrected chi connectivity index (χ2v) is 5.44. The van der Waals surface area contributed by atoms with Gasteiger partial charge in [-0.25, -0.2) is 0 Å². The molecule has 0 aliphatic carbocycles. The normalized spacial score (nSPS) is 16.9. The van der Waals surface area contributed by atoms with Crippen molar-refractivity contribution in [3.8, 4) is 0 Å². The third-order valence-electron chi connectivity index (χ3n) is 3.17. The predicted molar refractivity (Wildman–Crippen MR) is 71.1 cm³/mol. The molecule has 0 saturated carbocycles. The van der Waals surface area contributed by atoms with Crippen molar-refractivity contribution in [3.63, 3.8) is 0 Å². The van der Waals surface area contributed by atoms with Crippen LogP contribution in [-0.4, -0.2) is 0 Å². The summed E-state index contributed by atoms with van der Waals surface area (Å²) in [6, 6.07) is 0. The van der Waals surface area contributed by atoms with E-state index in [-0.39, 0.29) is 0 Å². The Bertz CT molecular complexity index is 176. The summed E-state index contributed by atoms with van der Waals surface area (Å²) < 4.78 is 0. The van der Waals surface area contributed by atoms with E-state index in [9.17, 15) is 0 Å². The molecule has 0 rings (SSSR count). The van der Waals surface area contributed by atoms with Gasteiger partial charge in [-0.05, 0) is 43.4 Å². The summed E-state index contributed by atoms with van der Waals surface area (Å²) in [6.07, 6.45) is 7.58. The van der Waals surface area contributed by atoms with Gasteiger partial charge in [0.1, 0.15) is 0 Å². The molecule has 0 radical (unpaired) electrons. The highest BCUT2D eigenvalue weighted by Gasteiger charge is 2.11. The van der Waals surface area contributed by atoms with Crippen molar-refractivity contribution < 1.29 is 0 Å². The van der Waals surface area contributed by atoms with Crippen molar-refractivity contribution in [2.75, 3.05) is 0 Å². The molecular weight excluding hydrogens is 180 g/mol. The summed E-state index contributed by atoms with van der Waals surface area (Å²) in [4.78, 5) is 0. The average molecular weight is 210 g/mol. The minimum atomic E-state index is 0.777. The molecule has 0 heteroatoms. The van der Waals surface area contributed by atoms with Gasteiger partial charge >= 0.3 is 0 Å². The zero-order valence-electron chi connectivity index (χ0n) is 11.6. The average Bonchev–Trinajstić information content (AvgIpc) is 2.14. The quantitative estimate of drug-likeness (QED) is 0.491. The van der Waals surface area contributed by atoms with Crippen LogP contribution in [0.1, 0.15) is 67.2 Å². The standard InChI is InChI=1S/C15H30/c1-7-9-15(14(6)8-2)11-13(5)10-12(3)4/h9,12-14H,7-8,10-11H2,1-6H3. The number of allylic oxidation sites excluding steroid dienone is 2. The van der Waals surface area contributed by atoms with Crippen LogP contribution in [0.3, 0.4) is 0 Å². The minimum Gasteiger partial charge on any atom is -0.0853 e. The molecule has 0 nitrogen and oxygen atoms in total. The second kappa shape index (κ2) is 7.96. The highest BCUT2D eigenvalue weighted by molar-refractivity contribution is 5.06. The van der Waals surface area contributed by atoms with Crippen LogP contribution in [0, 0.1) is 17.8 Å². The smallest absolute Gasteiger partial charge is 0.0234 e. The van der Waals surface area contributed by atoms with E-state index in [2.05, 4.69) is 47.6 Å². The fourth-order valence-electron chi connectivity index (χ4n) is 2.30. The van der Waals surface area contributed by atoms with Crippen LogP contribution in [0.2, 0.25) is 0 Å². The van der Waals surface area contributed by atoms with Gasteiger partial charge in [0.2, 0.25) is 0 Å². The van der Waals surface area contributed by atoms with Gasteiger partial charge < -0.3 is 0 Å². The van der Waals surface area contributed by atoms with Crippen molar-refractivity contribution in [1.29, 1.82) is 0 Å². The summed E-state index contributed by atoms with van der Waals surface area (Å²) in [5.74, 6) is 2.45. The maximum atomic E-state index is 2.45. The van der Waals surface area contributed by atoms with Crippen molar-refractivity contribution in [2.45, 2.75) is 67.2 Å². The largest absolute Gasteiger partial charge is 0.0853 e. The monoisotopic (exact) mass is 210 g/mol. The van der Waals surface area contributed by atoms with Crippen LogP contribution in [-0.2, 0) is 0 Å². The Morgan fingerprint density at radius 1 is 1.07 bits per heavy atom. The van der Waals surface area contributed by atoms with Crippen LogP contribution in [0.15, 0.2) is 11.6 Å². The Hall–Kier alpha value is -0.260. The van der Waals surface area contributed by atoms with E-state index in [4.69, 9.17) is 0 Å². The molecule has 2 unspecified atom stereocenters. The summed E-state index contributed by atoms with van der Waals surface area (Å²) in [5, 5.41) is 0. The summed E-state index contributed by atoms with van der Waals surface area (Å²) in [6.45, 7) is 13.9. The van der Waals surface area contributed by atoms with Crippen molar-refractivity contribution in [2.24, 2.45) is 17.8 Å². The van der Waals surface area contributed by atoms with E-state index < -0.39 is 0 Å². The Morgan fingerprint density at radius 3 is 2.07 bits per heavy atom. The van der Waals surface area contributed by atoms with Gasteiger partial charge in [0.25, 0.3) is 0 Å². The fraction of sp³-hybridized carbons (Fsp3) is 0.867. The van der Waals surface area contributed by atoms with Gasteiger partial charge in [-0.1, -0.05) is 53.2 Å². The molecule has 0 N–H and O–H groups in total. The van der Waals surface area contributed by atoms with Crippen LogP contribution < -0.4 is 0 Å². The van der Waals surface area contributed by atoms with E-state index in [1.165, 1.54) is 25.7 Å². The molecule has 0 fully saturated rings. The third-order valence-corrected chi connectivity index (χ3v) is 3.17. The highest BCUT2D eigenvalue weighted by atomic mass is 14.2. The van der Waals surface area contributed by atoms with Crippen LogP contribution in [0.5, 0.6) is 0 Å². The summed E-state index contributed by atoms with van der Waals surface area (Å²) in [7, 11) is 0. The molecule has 0 aromatic carbocycles. The first-order chi connectivity index (χ1) is 7.01. The predicted octanol–water partition coefficient (Wildman–Crippen LogP) is 5.44. The van der Waals surface area contributed by atoms with Gasteiger partial charge in [-0.2, -0.15) is 0 Å². The lowest BCUT2D eigenvalue weighted by Gasteiger charge is -2.20. The molecule has 0 spiro atoms. The third kappa shape index (κ3) is 6.76. The van der Waals surface area contributed by atoms with Gasteiger partial charge in [-0.3, -0.25) is 0 Å². The van der Waals surface area contributed by atoms with Crippen molar-refractivity contribution in [3.05, 3.63) is 11.6 Å². The first kappa shape index (κ1) is 14.7. The molecule has 0 aromatic rings. The van der Waals surface area contributed by atoms with Gasteiger partial charge in [0.15, 0.2) is 0 Å². The van der Waals surface area contributed by atoms with Gasteiger partial charge in [0.05, 0.1) is 0 Å². The lowest BCUT2D eigenvalue weighted by atomic mass is 9.86. The molecule has 0 aromatic heterocycles. The van der Waals surface area contributed by atoms with E-state index in [1.807, 2.05) is 0 Å². The molecule has 0 aliphatic heterocycles. The number of hydrogen-bond donors (Lipinski definition) is 0. The number of hydrogen-bond acceptors (Lipinski definition) is 0. The maximum Gasteiger partial charge on any atom is -0.0234 e. The maximum absolute atomic E-state index is 2.45. The molecule has 0 heterocycles. The molecule has 0 aliphatic rings. The van der Waals surface area contributed by atoms with Crippen LogP contribution in [0.25, 0.3) is 0 Å². The van der Waals surface area contributed by atoms with Gasteiger partial charge in [-0.15, -0.1) is 0 Å². The Balaban J connectivity index is 4.22. The molecule has 90 valence electrons. The van der Waals surface area contributed by atoms with Gasteiger partial charge in [0, 0.05) is 0 Å². The molecule has 2 atom stereocenters. The Morgan fingerprint density at radius 2 is 1.67 bits per heavy atom. The molecule has 0 saturated heterocycles. The molecule has 0 bridgehead atoms. The van der Waals surface area contributed by atoms with Crippen LogP contribution in [0.4, 0.5) is 0 Å². The number of rotatable bonds is 7. The van der Waals surface area contributed by atoms with E-state index in [0.29, 0.717) is 0 Å². The summed E-state index contributed by atoms with van der Waals surface area (Å²) in [5.41, 5.74) is 1.69. The topological polar surface area (TPSA) is 0 Å². The SMILES string of the molecule is CCC=C(CC(C)CC(C)C)C(C)CC. The fourth-order valence-corrected chi connectivity index (χ4v) is 2.30. The molecule has 0 amide bonds. The molecule has 15 heavy (non-hydrogen) atoms. The lowest BCUT2D eigenvalue weighted by molar-refractivity contribution is 0.420. The van der Waals surface area contributed by atoms with Crippen LogP contribution >= 0.6 is 0 Å². The Kier molecular flexibility index (Phi) is 7.82. The van der Waals surface area contributed by atoms with Crippen molar-refractivity contribution in [1.82, 2.24) is 0 Å². The highest BCUT2D eigenvalue weighted by Crippen LogP contribution is 2.26. The van der Waals surface area contributed by atoms with E-state index >= 15 is 0 Å². The molecular formula is C15H30. The van der Waals surface area contributed by atoms with E-state index in [0.717, 1.165) is 17.8 Å². The second-order valence-electron chi connectivity index (χ2n) is 5.44. The zero-order chi connectivity index (χ0) is 11.8. The Labute approximate surface area is 97.2 Å².